The molecule has 0 saturated carbocycles. The van der Waals surface area contributed by atoms with E-state index in [1.54, 1.807) is 34.4 Å². The van der Waals surface area contributed by atoms with Crippen molar-refractivity contribution in [3.05, 3.63) is 55.7 Å². The maximum atomic E-state index is 13.0. The van der Waals surface area contributed by atoms with Crippen LogP contribution in [-0.2, 0) is 13.0 Å². The van der Waals surface area contributed by atoms with Gasteiger partial charge in [-0.05, 0) is 37.5 Å². The molecule has 0 bridgehead atoms. The molecule has 0 atom stereocenters. The smallest absolute Gasteiger partial charge is 0.270 e. The second-order valence-electron chi connectivity index (χ2n) is 8.95. The third-order valence-corrected chi connectivity index (χ3v) is 8.39. The molecule has 4 rings (SSSR count). The number of thioether (sulfide) groups is 1. The van der Waals surface area contributed by atoms with E-state index >= 15 is 0 Å². The number of ether oxygens (including phenoxy) is 3. The van der Waals surface area contributed by atoms with Crippen molar-refractivity contribution in [2.75, 3.05) is 27.1 Å². The summed E-state index contributed by atoms with van der Waals surface area (Å²) in [6, 6.07) is 7.22. The van der Waals surface area contributed by atoms with Crippen LogP contribution in [-0.4, -0.2) is 46.6 Å². The molecule has 40 heavy (non-hydrogen) atoms. The highest BCUT2D eigenvalue weighted by Crippen LogP contribution is 2.41. The first-order chi connectivity index (χ1) is 19.4. The fourth-order valence-corrected chi connectivity index (χ4v) is 6.11. The maximum absolute atomic E-state index is 13.0. The molecule has 12 heteroatoms. The van der Waals surface area contributed by atoms with Crippen LogP contribution in [0.25, 0.3) is 21.5 Å². The number of thiophene rings is 1. The van der Waals surface area contributed by atoms with Gasteiger partial charge in [0.1, 0.15) is 16.5 Å². The van der Waals surface area contributed by atoms with Crippen LogP contribution in [0.5, 0.6) is 17.2 Å². The standard InChI is InChI=1S/C28H31N5O5S2/c1-5-6-7-9-18-14-19-26(40-18)30-16-33(27(19)35)10-8-11-39-28-31-23(20(15-29)25(34)32-28)17-12-21(36-2)24(38-4)22(13-17)37-3/h12-14,16H,5-11H2,1-4H3,(H,31,32,34). The second-order valence-corrected chi connectivity index (χ2v) is 11.2. The summed E-state index contributed by atoms with van der Waals surface area (Å²) in [4.78, 5) is 39.5. The normalized spacial score (nSPS) is 11.0. The van der Waals surface area contributed by atoms with E-state index < -0.39 is 5.56 Å². The van der Waals surface area contributed by atoms with Crippen molar-refractivity contribution in [3.63, 3.8) is 0 Å². The average Bonchev–Trinajstić information content (AvgIpc) is 3.39. The molecular formula is C28H31N5O5S2. The van der Waals surface area contributed by atoms with Crippen LogP contribution < -0.4 is 25.3 Å². The fraction of sp³-hybridized carbons (Fsp3) is 0.393. The van der Waals surface area contributed by atoms with Crippen LogP contribution in [0.4, 0.5) is 0 Å². The Labute approximate surface area is 240 Å². The largest absolute Gasteiger partial charge is 0.493 e. The van der Waals surface area contributed by atoms with E-state index in [9.17, 15) is 14.9 Å². The quantitative estimate of drug-likeness (QED) is 0.131. The van der Waals surface area contributed by atoms with Gasteiger partial charge in [0.25, 0.3) is 11.1 Å². The highest BCUT2D eigenvalue weighted by atomic mass is 32.2. The Balaban J connectivity index is 1.50. The van der Waals surface area contributed by atoms with Crippen LogP contribution in [0.15, 0.2) is 39.3 Å². The number of hydrogen-bond donors (Lipinski definition) is 1. The lowest BCUT2D eigenvalue weighted by atomic mass is 10.1. The van der Waals surface area contributed by atoms with Crippen molar-refractivity contribution in [1.29, 1.82) is 5.26 Å². The van der Waals surface area contributed by atoms with Crippen molar-refractivity contribution in [3.8, 4) is 34.6 Å². The topological polar surface area (TPSA) is 132 Å². The van der Waals surface area contributed by atoms with E-state index in [2.05, 4.69) is 21.9 Å². The summed E-state index contributed by atoms with van der Waals surface area (Å²) >= 11 is 2.93. The Morgan fingerprint density at radius 2 is 1.82 bits per heavy atom. The lowest BCUT2D eigenvalue weighted by molar-refractivity contribution is 0.324. The molecule has 1 aromatic carbocycles. The first-order valence-corrected chi connectivity index (χ1v) is 14.7. The van der Waals surface area contributed by atoms with Gasteiger partial charge >= 0.3 is 0 Å². The van der Waals surface area contributed by atoms with E-state index in [0.29, 0.717) is 52.1 Å². The number of nitrogens with one attached hydrogen (secondary N) is 1. The number of unbranched alkanes of at least 4 members (excludes halogenated alkanes) is 2. The van der Waals surface area contributed by atoms with Gasteiger partial charge < -0.3 is 19.2 Å². The van der Waals surface area contributed by atoms with E-state index in [1.807, 2.05) is 12.1 Å². The van der Waals surface area contributed by atoms with Crippen molar-refractivity contribution in [2.45, 2.75) is 50.7 Å². The molecule has 210 valence electrons. The summed E-state index contributed by atoms with van der Waals surface area (Å²) in [5.74, 6) is 1.74. The van der Waals surface area contributed by atoms with Gasteiger partial charge in [-0.2, -0.15) is 5.26 Å². The van der Waals surface area contributed by atoms with Gasteiger partial charge in [-0.25, -0.2) is 9.97 Å². The van der Waals surface area contributed by atoms with E-state index in [-0.39, 0.29) is 16.8 Å². The molecule has 0 aliphatic carbocycles. The van der Waals surface area contributed by atoms with Gasteiger partial charge in [-0.15, -0.1) is 11.3 Å². The number of nitrogens with zero attached hydrogens (tertiary/aromatic N) is 4. The third-order valence-electron chi connectivity index (χ3n) is 6.33. The predicted molar refractivity (Wildman–Crippen MR) is 157 cm³/mol. The number of nitriles is 1. The Hall–Kier alpha value is -3.82. The van der Waals surface area contributed by atoms with Crippen LogP contribution in [0, 0.1) is 11.3 Å². The number of aryl methyl sites for hydroxylation is 2. The Morgan fingerprint density at radius 3 is 2.48 bits per heavy atom. The zero-order chi connectivity index (χ0) is 28.6. The molecule has 0 aliphatic heterocycles. The minimum absolute atomic E-state index is 0.0393. The molecular weight excluding hydrogens is 550 g/mol. The summed E-state index contributed by atoms with van der Waals surface area (Å²) in [6.45, 7) is 2.66. The molecule has 10 nitrogen and oxygen atoms in total. The Kier molecular flexibility index (Phi) is 9.84. The number of hydrogen-bond acceptors (Lipinski definition) is 10. The minimum Gasteiger partial charge on any atom is -0.493 e. The van der Waals surface area contributed by atoms with Crippen LogP contribution >= 0.6 is 23.1 Å². The van der Waals surface area contributed by atoms with Gasteiger partial charge in [0, 0.05) is 22.7 Å². The minimum atomic E-state index is -0.540. The third kappa shape index (κ3) is 6.32. The van der Waals surface area contributed by atoms with Crippen LogP contribution in [0.3, 0.4) is 0 Å². The monoisotopic (exact) mass is 581 g/mol. The maximum Gasteiger partial charge on any atom is 0.270 e. The summed E-state index contributed by atoms with van der Waals surface area (Å²) in [7, 11) is 4.47. The average molecular weight is 582 g/mol. The highest BCUT2D eigenvalue weighted by molar-refractivity contribution is 7.99. The van der Waals surface area contributed by atoms with Crippen LogP contribution in [0.2, 0.25) is 0 Å². The molecule has 3 aromatic heterocycles. The number of rotatable bonds is 13. The number of H-pyrrole nitrogens is 1. The van der Waals surface area contributed by atoms with Gasteiger partial charge in [0.05, 0.1) is 38.7 Å². The summed E-state index contributed by atoms with van der Waals surface area (Å²) in [5, 5.41) is 10.7. The van der Waals surface area contributed by atoms with Gasteiger partial charge in [0.2, 0.25) is 5.75 Å². The number of benzene rings is 1. The molecule has 0 fully saturated rings. The molecule has 0 amide bonds. The number of fused-ring (bicyclic) bond motifs is 1. The molecule has 3 heterocycles. The lowest BCUT2D eigenvalue weighted by Gasteiger charge is -2.14. The highest BCUT2D eigenvalue weighted by Gasteiger charge is 2.19. The molecule has 4 aromatic rings. The first kappa shape index (κ1) is 29.2. The van der Waals surface area contributed by atoms with Crippen molar-refractivity contribution in [1.82, 2.24) is 19.5 Å². The number of aromatic amines is 1. The van der Waals surface area contributed by atoms with E-state index in [1.165, 1.54) is 44.4 Å². The zero-order valence-corrected chi connectivity index (χ0v) is 24.5. The predicted octanol–water partition coefficient (Wildman–Crippen LogP) is 5.02. The molecule has 0 unspecified atom stereocenters. The van der Waals surface area contributed by atoms with Gasteiger partial charge in [-0.1, -0.05) is 31.5 Å². The van der Waals surface area contributed by atoms with E-state index in [0.717, 1.165) is 24.1 Å². The van der Waals surface area contributed by atoms with Gasteiger partial charge in [-0.3, -0.25) is 14.2 Å². The molecule has 0 saturated heterocycles. The fourth-order valence-electron chi connectivity index (χ4n) is 4.30. The summed E-state index contributed by atoms with van der Waals surface area (Å²) < 4.78 is 17.8. The van der Waals surface area contributed by atoms with Crippen molar-refractivity contribution < 1.29 is 14.2 Å². The van der Waals surface area contributed by atoms with Crippen molar-refractivity contribution >= 4 is 33.3 Å². The van der Waals surface area contributed by atoms with Crippen molar-refractivity contribution in [2.24, 2.45) is 0 Å². The van der Waals surface area contributed by atoms with Gasteiger partial charge in [0.15, 0.2) is 16.7 Å². The molecule has 1 N–H and O–H groups in total. The molecule has 0 radical (unpaired) electrons. The first-order valence-electron chi connectivity index (χ1n) is 12.9. The van der Waals surface area contributed by atoms with Crippen LogP contribution in [0.1, 0.15) is 43.0 Å². The molecule has 0 spiro atoms. The summed E-state index contributed by atoms with van der Waals surface area (Å²) in [5.41, 5.74) is -0.000360. The summed E-state index contributed by atoms with van der Waals surface area (Å²) in [6.07, 6.45) is 6.67. The number of methoxy groups -OCH3 is 3. The van der Waals surface area contributed by atoms with E-state index in [4.69, 9.17) is 14.2 Å². The number of aromatic nitrogens is 4. The SMILES string of the molecule is CCCCCc1cc2c(=O)n(CCCSc3nc(-c4cc(OC)c(OC)c(OC)c4)c(C#N)c(=O)[nH]3)cnc2s1. The Morgan fingerprint density at radius 1 is 1.07 bits per heavy atom. The lowest BCUT2D eigenvalue weighted by Crippen LogP contribution is -2.20. The Bertz CT molecular complexity index is 1630. The zero-order valence-electron chi connectivity index (χ0n) is 22.9. The molecule has 0 aliphatic rings. The second kappa shape index (κ2) is 13.5.